The highest BCUT2D eigenvalue weighted by Crippen LogP contribution is 2.23. The summed E-state index contributed by atoms with van der Waals surface area (Å²) >= 11 is 1.12. The van der Waals surface area contributed by atoms with Crippen molar-refractivity contribution in [1.82, 2.24) is 4.98 Å². The van der Waals surface area contributed by atoms with Gasteiger partial charge < -0.3 is 4.74 Å². The number of rotatable bonds is 4. The number of hydrogen-bond donors (Lipinski definition) is 0. The van der Waals surface area contributed by atoms with Gasteiger partial charge in [0, 0.05) is 18.2 Å². The van der Waals surface area contributed by atoms with E-state index in [4.69, 9.17) is 0 Å². The van der Waals surface area contributed by atoms with Gasteiger partial charge in [-0.25, -0.2) is 4.98 Å². The Bertz CT molecular complexity index is 362. The highest BCUT2D eigenvalue weighted by atomic mass is 32.1. The molecule has 0 aromatic carbocycles. The largest absolute Gasteiger partial charge is 0.469 e. The fourth-order valence-electron chi connectivity index (χ4n) is 1.01. The van der Waals surface area contributed by atoms with Crippen molar-refractivity contribution >= 4 is 17.3 Å². The maximum atomic E-state index is 11.9. The van der Waals surface area contributed by atoms with Crippen molar-refractivity contribution in [2.45, 2.75) is 25.4 Å². The lowest BCUT2D eigenvalue weighted by atomic mass is 10.3. The van der Waals surface area contributed by atoms with Gasteiger partial charge in [-0.3, -0.25) is 4.79 Å². The molecule has 3 nitrogen and oxygen atoms in total. The van der Waals surface area contributed by atoms with Crippen molar-refractivity contribution in [2.75, 3.05) is 7.11 Å². The highest BCUT2D eigenvalue weighted by Gasteiger charge is 2.27. The van der Waals surface area contributed by atoms with Crippen LogP contribution in [0.25, 0.3) is 0 Å². The number of aromatic nitrogens is 1. The fourth-order valence-corrected chi connectivity index (χ4v) is 1.81. The number of hydrogen-bond acceptors (Lipinski definition) is 4. The van der Waals surface area contributed by atoms with Crippen LogP contribution < -0.4 is 0 Å². The molecule has 0 amide bonds. The van der Waals surface area contributed by atoms with Gasteiger partial charge in [-0.1, -0.05) is 0 Å². The molecule has 0 atom stereocenters. The molecular weight excluding hydrogens is 243 g/mol. The first kappa shape index (κ1) is 13.0. The monoisotopic (exact) mass is 253 g/mol. The molecule has 1 rings (SSSR count). The van der Waals surface area contributed by atoms with E-state index in [1.807, 2.05) is 0 Å². The number of ether oxygens (including phenoxy) is 1. The maximum absolute atomic E-state index is 11.9. The van der Waals surface area contributed by atoms with Gasteiger partial charge in [0.2, 0.25) is 0 Å². The zero-order valence-electron chi connectivity index (χ0n) is 8.50. The molecule has 1 heterocycles. The average molecular weight is 253 g/mol. The zero-order valence-corrected chi connectivity index (χ0v) is 9.32. The molecule has 90 valence electrons. The molecule has 0 aliphatic carbocycles. The Hall–Kier alpha value is -1.11. The summed E-state index contributed by atoms with van der Waals surface area (Å²) in [6.45, 7) is 0. The van der Waals surface area contributed by atoms with Gasteiger partial charge in [-0.15, -0.1) is 11.3 Å². The lowest BCUT2D eigenvalue weighted by Gasteiger charge is -2.02. The Morgan fingerprint density at radius 1 is 1.56 bits per heavy atom. The van der Waals surface area contributed by atoms with Gasteiger partial charge in [0.1, 0.15) is 0 Å². The number of esters is 1. The van der Waals surface area contributed by atoms with E-state index >= 15 is 0 Å². The molecule has 0 saturated heterocycles. The second kappa shape index (κ2) is 5.29. The third-order valence-electron chi connectivity index (χ3n) is 1.77. The molecule has 0 spiro atoms. The molecular formula is C9H10F3NO2S. The van der Waals surface area contributed by atoms with Crippen molar-refractivity contribution in [3.05, 3.63) is 16.1 Å². The molecule has 0 unspecified atom stereocenters. The SMILES string of the molecule is COC(=O)Cc1csc(CCC(F)(F)F)n1. The molecule has 0 radical (unpaired) electrons. The van der Waals surface area contributed by atoms with Crippen molar-refractivity contribution in [1.29, 1.82) is 0 Å². The van der Waals surface area contributed by atoms with Crippen LogP contribution in [-0.2, 0) is 22.4 Å². The van der Waals surface area contributed by atoms with Crippen molar-refractivity contribution in [2.24, 2.45) is 0 Å². The molecule has 0 aliphatic heterocycles. The molecule has 0 N–H and O–H groups in total. The van der Waals surface area contributed by atoms with Crippen LogP contribution in [0.4, 0.5) is 13.2 Å². The van der Waals surface area contributed by atoms with Crippen molar-refractivity contribution in [3.8, 4) is 0 Å². The quantitative estimate of drug-likeness (QED) is 0.773. The van der Waals surface area contributed by atoms with Crippen molar-refractivity contribution < 1.29 is 22.7 Å². The molecule has 0 aliphatic rings. The van der Waals surface area contributed by atoms with Crippen LogP contribution in [0, 0.1) is 0 Å². The minimum atomic E-state index is -4.17. The Labute approximate surface area is 94.3 Å². The molecule has 0 saturated carbocycles. The molecule has 0 fully saturated rings. The zero-order chi connectivity index (χ0) is 12.2. The summed E-state index contributed by atoms with van der Waals surface area (Å²) in [6.07, 6.45) is -5.21. The van der Waals surface area contributed by atoms with E-state index in [9.17, 15) is 18.0 Å². The van der Waals surface area contributed by atoms with E-state index in [-0.39, 0.29) is 12.8 Å². The van der Waals surface area contributed by atoms with Gasteiger partial charge in [-0.2, -0.15) is 13.2 Å². The van der Waals surface area contributed by atoms with Crippen LogP contribution in [0.2, 0.25) is 0 Å². The van der Waals surface area contributed by atoms with Crippen LogP contribution in [0.5, 0.6) is 0 Å². The predicted molar refractivity (Wildman–Crippen MR) is 52.2 cm³/mol. The van der Waals surface area contributed by atoms with Crippen LogP contribution in [0.15, 0.2) is 5.38 Å². The molecule has 0 bridgehead atoms. The lowest BCUT2D eigenvalue weighted by molar-refractivity contribution is -0.140. The standard InChI is InChI=1S/C9H10F3NO2S/c1-15-8(14)4-6-5-16-7(13-6)2-3-9(10,11)12/h5H,2-4H2,1H3. The normalized spacial score (nSPS) is 11.5. The number of carbonyl (C=O) groups excluding carboxylic acids is 1. The van der Waals surface area contributed by atoms with E-state index in [0.29, 0.717) is 10.7 Å². The number of methoxy groups -OCH3 is 1. The maximum Gasteiger partial charge on any atom is 0.389 e. The summed E-state index contributed by atoms with van der Waals surface area (Å²) in [4.78, 5) is 14.8. The second-order valence-corrected chi connectivity index (χ2v) is 4.04. The van der Waals surface area contributed by atoms with Gasteiger partial charge in [0.15, 0.2) is 0 Å². The van der Waals surface area contributed by atoms with Crippen LogP contribution in [0.1, 0.15) is 17.1 Å². The molecule has 1 aromatic heterocycles. The van der Waals surface area contributed by atoms with Gasteiger partial charge in [0.05, 0.1) is 24.2 Å². The first-order valence-electron chi connectivity index (χ1n) is 4.47. The number of halogens is 3. The third-order valence-corrected chi connectivity index (χ3v) is 2.73. The first-order chi connectivity index (χ1) is 7.40. The summed E-state index contributed by atoms with van der Waals surface area (Å²) in [5.74, 6) is -0.451. The topological polar surface area (TPSA) is 39.2 Å². The number of alkyl halides is 3. The number of aryl methyl sites for hydroxylation is 1. The van der Waals surface area contributed by atoms with Crippen LogP contribution >= 0.6 is 11.3 Å². The van der Waals surface area contributed by atoms with E-state index in [1.54, 1.807) is 5.38 Å². The Kier molecular flexibility index (Phi) is 4.28. The number of carbonyl (C=O) groups is 1. The van der Waals surface area contributed by atoms with Crippen LogP contribution in [0.3, 0.4) is 0 Å². The Morgan fingerprint density at radius 2 is 2.25 bits per heavy atom. The Balaban J connectivity index is 2.48. The van der Waals surface area contributed by atoms with Crippen molar-refractivity contribution in [3.63, 3.8) is 0 Å². The molecule has 16 heavy (non-hydrogen) atoms. The minimum Gasteiger partial charge on any atom is -0.469 e. The van der Waals surface area contributed by atoms with Crippen LogP contribution in [-0.4, -0.2) is 24.2 Å². The smallest absolute Gasteiger partial charge is 0.389 e. The summed E-state index contributed by atoms with van der Waals surface area (Å²) in [5.41, 5.74) is 0.453. The van der Waals surface area contributed by atoms with E-state index in [1.165, 1.54) is 7.11 Å². The summed E-state index contributed by atoms with van der Waals surface area (Å²) in [6, 6.07) is 0. The third kappa shape index (κ3) is 4.61. The fraction of sp³-hybridized carbons (Fsp3) is 0.556. The van der Waals surface area contributed by atoms with Gasteiger partial charge >= 0.3 is 12.1 Å². The second-order valence-electron chi connectivity index (χ2n) is 3.10. The Morgan fingerprint density at radius 3 is 2.81 bits per heavy atom. The van der Waals surface area contributed by atoms with Gasteiger partial charge in [0.25, 0.3) is 0 Å². The average Bonchev–Trinajstić information content (AvgIpc) is 2.61. The summed E-state index contributed by atoms with van der Waals surface area (Å²) in [5, 5.41) is 1.96. The first-order valence-corrected chi connectivity index (χ1v) is 5.35. The predicted octanol–water partition coefficient (Wildman–Crippen LogP) is 2.35. The summed E-state index contributed by atoms with van der Waals surface area (Å²) < 4.78 is 40.2. The molecule has 1 aromatic rings. The van der Waals surface area contributed by atoms with Gasteiger partial charge in [-0.05, 0) is 0 Å². The van der Waals surface area contributed by atoms with E-state index < -0.39 is 18.6 Å². The lowest BCUT2D eigenvalue weighted by Crippen LogP contribution is -2.08. The number of thiazole rings is 1. The van der Waals surface area contributed by atoms with E-state index in [2.05, 4.69) is 9.72 Å². The van der Waals surface area contributed by atoms with E-state index in [0.717, 1.165) is 11.3 Å². The summed E-state index contributed by atoms with van der Waals surface area (Å²) in [7, 11) is 1.25. The number of nitrogens with zero attached hydrogens (tertiary/aromatic N) is 1. The highest BCUT2D eigenvalue weighted by molar-refractivity contribution is 7.09. The minimum absolute atomic E-state index is 0.000974. The molecule has 7 heteroatoms.